The summed E-state index contributed by atoms with van der Waals surface area (Å²) in [5.74, 6) is -1.25. The Labute approximate surface area is 149 Å². The van der Waals surface area contributed by atoms with Gasteiger partial charge in [0.05, 0.1) is 22.6 Å². The van der Waals surface area contributed by atoms with E-state index in [1.807, 2.05) is 0 Å². The summed E-state index contributed by atoms with van der Waals surface area (Å²) in [5, 5.41) is 12.6. The van der Waals surface area contributed by atoms with E-state index in [9.17, 15) is 18.0 Å². The minimum Gasteiger partial charge on any atom is -0.478 e. The van der Waals surface area contributed by atoms with Crippen LogP contribution in [0.4, 0.5) is 0 Å². The molecule has 2 aromatic rings. The van der Waals surface area contributed by atoms with Gasteiger partial charge >= 0.3 is 5.97 Å². The summed E-state index contributed by atoms with van der Waals surface area (Å²) < 4.78 is 31.3. The molecule has 0 aliphatic carbocycles. The van der Waals surface area contributed by atoms with Crippen molar-refractivity contribution in [2.45, 2.75) is 11.3 Å². The highest BCUT2D eigenvalue weighted by atomic mass is 32.2. The number of carbonyl (C=O) groups is 2. The van der Waals surface area contributed by atoms with Gasteiger partial charge in [-0.15, -0.1) is 0 Å². The van der Waals surface area contributed by atoms with E-state index in [1.165, 1.54) is 34.8 Å². The molecule has 1 aromatic carbocycles. The van der Waals surface area contributed by atoms with Crippen LogP contribution < -0.4 is 0 Å². The van der Waals surface area contributed by atoms with Crippen LogP contribution in [0.15, 0.2) is 46.0 Å². The first-order valence-corrected chi connectivity index (χ1v) is 9.32. The van der Waals surface area contributed by atoms with E-state index in [0.29, 0.717) is 5.69 Å². The van der Waals surface area contributed by atoms with Crippen LogP contribution in [-0.4, -0.2) is 65.9 Å². The van der Waals surface area contributed by atoms with E-state index in [0.717, 1.165) is 0 Å². The summed E-state index contributed by atoms with van der Waals surface area (Å²) in [7, 11) is -3.73. The van der Waals surface area contributed by atoms with Crippen molar-refractivity contribution in [2.24, 2.45) is 0 Å². The van der Waals surface area contributed by atoms with Gasteiger partial charge in [-0.05, 0) is 24.3 Å². The van der Waals surface area contributed by atoms with Crippen LogP contribution in [0.2, 0.25) is 0 Å². The number of carbonyl (C=O) groups excluding carboxylic acids is 1. The predicted molar refractivity (Wildman–Crippen MR) is 88.9 cm³/mol. The SMILES string of the molecule is O=C(O)c1ccc(S(=O)(=O)N2CCN(C(=O)Cc3ccon3)CC2)cc1. The first-order chi connectivity index (χ1) is 12.4. The number of aromatic carboxylic acids is 1. The van der Waals surface area contributed by atoms with Crippen molar-refractivity contribution in [2.75, 3.05) is 26.2 Å². The monoisotopic (exact) mass is 379 g/mol. The Bertz CT molecular complexity index is 885. The average Bonchev–Trinajstić information content (AvgIpc) is 3.15. The van der Waals surface area contributed by atoms with Crippen molar-refractivity contribution >= 4 is 21.9 Å². The lowest BCUT2D eigenvalue weighted by atomic mass is 10.2. The van der Waals surface area contributed by atoms with Crippen LogP contribution in [0, 0.1) is 0 Å². The number of hydrogen-bond acceptors (Lipinski definition) is 6. The molecular weight excluding hydrogens is 362 g/mol. The number of benzene rings is 1. The number of carboxylic acid groups (broad SMARTS) is 1. The highest BCUT2D eigenvalue weighted by Gasteiger charge is 2.30. The molecule has 0 spiro atoms. The van der Waals surface area contributed by atoms with Gasteiger partial charge in [-0.25, -0.2) is 13.2 Å². The minimum atomic E-state index is -3.73. The molecule has 2 heterocycles. The van der Waals surface area contributed by atoms with Gasteiger partial charge in [0, 0.05) is 32.2 Å². The normalized spacial score (nSPS) is 15.8. The Morgan fingerprint density at radius 2 is 1.73 bits per heavy atom. The lowest BCUT2D eigenvalue weighted by Crippen LogP contribution is -2.50. The van der Waals surface area contributed by atoms with E-state index < -0.39 is 16.0 Å². The second-order valence-electron chi connectivity index (χ2n) is 5.78. The molecular formula is C16H17N3O6S. The molecule has 9 nitrogen and oxygen atoms in total. The molecule has 1 saturated heterocycles. The van der Waals surface area contributed by atoms with Crippen molar-refractivity contribution in [3.8, 4) is 0 Å². The Morgan fingerprint density at radius 1 is 1.08 bits per heavy atom. The number of nitrogens with zero attached hydrogens (tertiary/aromatic N) is 3. The van der Waals surface area contributed by atoms with Crippen molar-refractivity contribution in [1.82, 2.24) is 14.4 Å². The molecule has 138 valence electrons. The van der Waals surface area contributed by atoms with E-state index in [-0.39, 0.29) is 49.0 Å². The summed E-state index contributed by atoms with van der Waals surface area (Å²) in [6.45, 7) is 0.910. The van der Waals surface area contributed by atoms with E-state index in [4.69, 9.17) is 9.63 Å². The van der Waals surface area contributed by atoms with Gasteiger partial charge in [-0.3, -0.25) is 4.79 Å². The van der Waals surface area contributed by atoms with Gasteiger partial charge in [-0.1, -0.05) is 5.16 Å². The smallest absolute Gasteiger partial charge is 0.335 e. The molecule has 3 rings (SSSR count). The van der Waals surface area contributed by atoms with Crippen LogP contribution in [0.1, 0.15) is 16.1 Å². The number of aromatic nitrogens is 1. The Balaban J connectivity index is 1.63. The summed E-state index contributed by atoms with van der Waals surface area (Å²) in [4.78, 5) is 24.7. The van der Waals surface area contributed by atoms with Gasteiger partial charge in [0.25, 0.3) is 0 Å². The van der Waals surface area contributed by atoms with Gasteiger partial charge in [0.15, 0.2) is 0 Å². The molecule has 10 heteroatoms. The van der Waals surface area contributed by atoms with Crippen LogP contribution >= 0.6 is 0 Å². The van der Waals surface area contributed by atoms with Crippen LogP contribution in [0.5, 0.6) is 0 Å². The molecule has 1 aliphatic heterocycles. The predicted octanol–water partition coefficient (Wildman–Crippen LogP) is 0.448. The van der Waals surface area contributed by atoms with Gasteiger partial charge in [-0.2, -0.15) is 4.31 Å². The second kappa shape index (κ2) is 7.26. The summed E-state index contributed by atoms with van der Waals surface area (Å²) in [6, 6.07) is 6.68. The third-order valence-corrected chi connectivity index (χ3v) is 6.07. The van der Waals surface area contributed by atoms with Crippen molar-refractivity contribution < 1.29 is 27.6 Å². The van der Waals surface area contributed by atoms with E-state index in [2.05, 4.69) is 5.16 Å². The summed E-state index contributed by atoms with van der Waals surface area (Å²) in [5.41, 5.74) is 0.552. The van der Waals surface area contributed by atoms with Crippen molar-refractivity contribution in [3.63, 3.8) is 0 Å². The molecule has 1 amide bonds. The van der Waals surface area contributed by atoms with Crippen LogP contribution in [-0.2, 0) is 21.2 Å². The number of hydrogen-bond donors (Lipinski definition) is 1. The highest BCUT2D eigenvalue weighted by molar-refractivity contribution is 7.89. The largest absolute Gasteiger partial charge is 0.478 e. The third-order valence-electron chi connectivity index (χ3n) is 4.15. The molecule has 0 unspecified atom stereocenters. The quantitative estimate of drug-likeness (QED) is 0.800. The second-order valence-corrected chi connectivity index (χ2v) is 7.72. The zero-order chi connectivity index (χ0) is 18.7. The number of amides is 1. The molecule has 1 aliphatic rings. The van der Waals surface area contributed by atoms with Gasteiger partial charge in [0.2, 0.25) is 15.9 Å². The fourth-order valence-electron chi connectivity index (χ4n) is 2.69. The summed E-state index contributed by atoms with van der Waals surface area (Å²) in [6.07, 6.45) is 1.50. The van der Waals surface area contributed by atoms with Crippen LogP contribution in [0.3, 0.4) is 0 Å². The lowest BCUT2D eigenvalue weighted by molar-refractivity contribution is -0.131. The number of rotatable bonds is 5. The number of piperazine rings is 1. The van der Waals surface area contributed by atoms with Gasteiger partial charge < -0.3 is 14.5 Å². The molecule has 1 aromatic heterocycles. The fourth-order valence-corrected chi connectivity index (χ4v) is 4.11. The maximum atomic E-state index is 12.7. The van der Waals surface area contributed by atoms with E-state index in [1.54, 1.807) is 11.0 Å². The zero-order valence-electron chi connectivity index (χ0n) is 13.7. The van der Waals surface area contributed by atoms with Crippen molar-refractivity contribution in [1.29, 1.82) is 0 Å². The third kappa shape index (κ3) is 3.75. The Hall–Kier alpha value is -2.72. The number of carboxylic acids is 1. The van der Waals surface area contributed by atoms with Crippen molar-refractivity contribution in [3.05, 3.63) is 47.9 Å². The topological polar surface area (TPSA) is 121 Å². The zero-order valence-corrected chi connectivity index (χ0v) is 14.6. The Kier molecular flexibility index (Phi) is 5.05. The first kappa shape index (κ1) is 18.1. The molecule has 0 bridgehead atoms. The maximum Gasteiger partial charge on any atom is 0.335 e. The standard InChI is InChI=1S/C16H17N3O6S/c20-15(11-13-5-10-25-17-13)18-6-8-19(9-7-18)26(23,24)14-3-1-12(2-4-14)16(21)22/h1-5,10H,6-9,11H2,(H,21,22). The molecule has 1 fully saturated rings. The number of sulfonamides is 1. The highest BCUT2D eigenvalue weighted by Crippen LogP contribution is 2.18. The van der Waals surface area contributed by atoms with Gasteiger partial charge in [0.1, 0.15) is 6.26 Å². The molecule has 0 atom stereocenters. The van der Waals surface area contributed by atoms with Crippen LogP contribution in [0.25, 0.3) is 0 Å². The molecule has 1 N–H and O–H groups in total. The molecule has 0 radical (unpaired) electrons. The Morgan fingerprint density at radius 3 is 2.27 bits per heavy atom. The summed E-state index contributed by atoms with van der Waals surface area (Å²) >= 11 is 0. The fraction of sp³-hybridized carbons (Fsp3) is 0.312. The van der Waals surface area contributed by atoms with E-state index >= 15 is 0 Å². The average molecular weight is 379 g/mol. The molecule has 26 heavy (non-hydrogen) atoms. The first-order valence-electron chi connectivity index (χ1n) is 7.88. The maximum absolute atomic E-state index is 12.7. The minimum absolute atomic E-state index is 0.0206. The molecule has 0 saturated carbocycles. The lowest BCUT2D eigenvalue weighted by Gasteiger charge is -2.34.